The number of rotatable bonds is 1. The van der Waals surface area contributed by atoms with Crippen LogP contribution >= 0.6 is 0 Å². The first-order valence-electron chi connectivity index (χ1n) is 12.2. The average Bonchev–Trinajstić information content (AvgIpc) is 3.56. The molecular weight excluding hydrogens is 552 g/mol. The fourth-order valence-corrected chi connectivity index (χ4v) is 4.50. The maximum atomic E-state index is 3.06. The molecule has 186 valence electrons. The van der Waals surface area contributed by atoms with E-state index in [1.54, 1.807) is 0 Å². The zero-order valence-corrected chi connectivity index (χ0v) is 25.3. The molecule has 0 aromatic heterocycles. The fourth-order valence-electron chi connectivity index (χ4n) is 4.50. The second kappa shape index (κ2) is 15.2. The summed E-state index contributed by atoms with van der Waals surface area (Å²) in [5, 5.41) is 8.08. The summed E-state index contributed by atoms with van der Waals surface area (Å²) >= 11 is 1.36. The van der Waals surface area contributed by atoms with Gasteiger partial charge in [-0.3, -0.25) is 0 Å². The molecule has 0 aliphatic heterocycles. The second-order valence-electron chi connectivity index (χ2n) is 8.60. The molecule has 0 unspecified atom stereocenters. The van der Waals surface area contributed by atoms with Gasteiger partial charge in [0.05, 0.1) is 0 Å². The van der Waals surface area contributed by atoms with Gasteiger partial charge in [-0.25, -0.2) is 0 Å². The van der Waals surface area contributed by atoms with Crippen molar-refractivity contribution in [3.8, 4) is 11.1 Å². The summed E-state index contributed by atoms with van der Waals surface area (Å²) < 4.78 is 0. The summed E-state index contributed by atoms with van der Waals surface area (Å²) in [4.78, 5) is 0. The molecule has 0 fully saturated rings. The van der Waals surface area contributed by atoms with Crippen LogP contribution in [0.3, 0.4) is 0 Å². The molecule has 0 amide bonds. The van der Waals surface area contributed by atoms with Crippen molar-refractivity contribution in [3.05, 3.63) is 165 Å². The zero-order chi connectivity index (χ0) is 25.9. The molecule has 0 saturated carbocycles. The van der Waals surface area contributed by atoms with Gasteiger partial charge >= 0.3 is 30.2 Å². The Morgan fingerprint density at radius 2 is 1.05 bits per heavy atom. The van der Waals surface area contributed by atoms with E-state index in [2.05, 4.69) is 135 Å². The quantitative estimate of drug-likeness (QED) is 0.134. The fraction of sp³-hybridized carbons (Fsp3) is 0.0278. The van der Waals surface area contributed by atoms with E-state index in [-0.39, 0.29) is 7.43 Å². The first kappa shape index (κ1) is 29.2. The number of benzene rings is 5. The van der Waals surface area contributed by atoms with Crippen LogP contribution in [0.4, 0.5) is 0 Å². The van der Waals surface area contributed by atoms with Gasteiger partial charge in [0.15, 0.2) is 0 Å². The van der Waals surface area contributed by atoms with E-state index in [1.165, 1.54) is 72.3 Å². The Kier molecular flexibility index (Phi) is 11.7. The van der Waals surface area contributed by atoms with Crippen LogP contribution in [-0.4, -0.2) is 6.88 Å². The standard InChI is InChI=1S/C16H13.C13H9.C6H5.CH3.Si.Zr/c1-12-10-14-8-5-9-15(16(14)11-12)13-6-3-2-4-7-13;1-3-7-12-10(5-1)9-11-6-2-4-8-13(11)12;1-2-4-6-5-3-1;;;/h2-11H,1H3;1-9H;1-5H;1H3;;/q4*-1;;. The largest absolute Gasteiger partial charge is 0.184 e. The molecular formula is C36H30SiZr-4. The number of hydrogen-bond donors (Lipinski definition) is 0. The van der Waals surface area contributed by atoms with Gasteiger partial charge in [0, 0.05) is 0 Å². The van der Waals surface area contributed by atoms with Crippen LogP contribution in [0.15, 0.2) is 146 Å². The minimum absolute atomic E-state index is 0. The molecule has 0 aliphatic carbocycles. The Labute approximate surface area is 243 Å². The van der Waals surface area contributed by atoms with E-state index in [0.29, 0.717) is 0 Å². The van der Waals surface area contributed by atoms with Crippen molar-refractivity contribution >= 4 is 39.2 Å². The van der Waals surface area contributed by atoms with Gasteiger partial charge in [-0.15, -0.1) is 74.3 Å². The molecule has 0 saturated heterocycles. The van der Waals surface area contributed by atoms with Crippen LogP contribution in [0.5, 0.6) is 0 Å². The maximum absolute atomic E-state index is 3.06. The van der Waals surface area contributed by atoms with Crippen LogP contribution < -0.4 is 0 Å². The Hall–Kier alpha value is -3.32. The third kappa shape index (κ3) is 7.38. The zero-order valence-electron chi connectivity index (χ0n) is 21.9. The van der Waals surface area contributed by atoms with Crippen molar-refractivity contribution in [1.29, 1.82) is 0 Å². The number of fused-ring (bicyclic) bond motifs is 4. The Balaban J connectivity index is 0.000000163. The van der Waals surface area contributed by atoms with Crippen molar-refractivity contribution in [3.63, 3.8) is 0 Å². The van der Waals surface area contributed by atoms with E-state index in [0.717, 1.165) is 0 Å². The monoisotopic (exact) mass is 580 g/mol. The van der Waals surface area contributed by atoms with Gasteiger partial charge in [0.1, 0.15) is 0 Å². The summed E-state index contributed by atoms with van der Waals surface area (Å²) in [5.41, 5.74) is 3.95. The van der Waals surface area contributed by atoms with Crippen molar-refractivity contribution in [2.75, 3.05) is 0 Å². The van der Waals surface area contributed by atoms with Crippen molar-refractivity contribution < 1.29 is 23.3 Å². The smallest absolute Gasteiger partial charge is 0.0771 e. The van der Waals surface area contributed by atoms with Gasteiger partial charge in [0.2, 0.25) is 0 Å². The molecule has 0 atom stereocenters. The van der Waals surface area contributed by atoms with Crippen LogP contribution in [-0.2, 0) is 23.3 Å². The molecule has 7 rings (SSSR count). The third-order valence-electron chi connectivity index (χ3n) is 6.11. The molecule has 7 aromatic carbocycles. The molecule has 0 spiro atoms. The molecule has 0 bridgehead atoms. The van der Waals surface area contributed by atoms with Gasteiger partial charge in [-0.1, -0.05) is 85.3 Å². The van der Waals surface area contributed by atoms with Crippen molar-refractivity contribution in [2.24, 2.45) is 0 Å². The van der Waals surface area contributed by atoms with Crippen LogP contribution in [0.2, 0.25) is 0 Å². The number of hydrogen-bond acceptors (Lipinski definition) is 0. The molecule has 7 aromatic rings. The molecule has 38 heavy (non-hydrogen) atoms. The summed E-state index contributed by atoms with van der Waals surface area (Å²) in [6, 6.07) is 53.3. The molecule has 0 aliphatic rings. The van der Waals surface area contributed by atoms with Gasteiger partial charge in [-0.2, -0.15) is 42.5 Å². The maximum Gasteiger partial charge on any atom is -0.0771 e. The second-order valence-corrected chi connectivity index (χ2v) is 8.60. The van der Waals surface area contributed by atoms with Crippen LogP contribution in [0.1, 0.15) is 5.56 Å². The van der Waals surface area contributed by atoms with Crippen molar-refractivity contribution in [1.82, 2.24) is 0 Å². The number of aryl methyl sites for hydroxylation is 1. The summed E-state index contributed by atoms with van der Waals surface area (Å²) in [6.45, 7) is 5.21. The Morgan fingerprint density at radius 3 is 1.61 bits per heavy atom. The van der Waals surface area contributed by atoms with Crippen LogP contribution in [0, 0.1) is 20.4 Å². The topological polar surface area (TPSA) is 0 Å². The third-order valence-corrected chi connectivity index (χ3v) is 6.11. The minimum atomic E-state index is 0. The molecule has 0 heterocycles. The normalized spacial score (nSPS) is 9.68. The molecule has 2 heteroatoms. The Morgan fingerprint density at radius 1 is 0.553 bits per heavy atom. The first-order chi connectivity index (χ1) is 18.3. The van der Waals surface area contributed by atoms with E-state index in [4.69, 9.17) is 0 Å². The summed E-state index contributed by atoms with van der Waals surface area (Å²) in [7, 11) is 0. The molecule has 2 radical (unpaired) electrons. The molecule has 0 N–H and O–H groups in total. The molecule has 0 nitrogen and oxygen atoms in total. The SMILES string of the molecule is Cc1cc2c(-c3ccccc3)cccc2[cH-]1.[CH3-].[Si]=[Zr].[c-]1ccccc1.c1ccc2c(c1)[cH-]c1ccccc12. The van der Waals surface area contributed by atoms with E-state index in [9.17, 15) is 0 Å². The van der Waals surface area contributed by atoms with E-state index < -0.39 is 0 Å². The van der Waals surface area contributed by atoms with Crippen molar-refractivity contribution in [2.45, 2.75) is 6.92 Å². The van der Waals surface area contributed by atoms with Gasteiger partial charge in [-0.05, 0) is 5.56 Å². The first-order valence-corrected chi connectivity index (χ1v) is 16.4. The van der Waals surface area contributed by atoms with Gasteiger partial charge < -0.3 is 7.43 Å². The average molecular weight is 582 g/mol. The predicted octanol–water partition coefficient (Wildman–Crippen LogP) is 9.80. The summed E-state index contributed by atoms with van der Waals surface area (Å²) in [5.74, 6) is 0. The minimum Gasteiger partial charge on any atom is -0.184 e. The Bertz CT molecular complexity index is 1580. The summed E-state index contributed by atoms with van der Waals surface area (Å²) in [6.07, 6.45) is 0. The van der Waals surface area contributed by atoms with Crippen LogP contribution in [0.25, 0.3) is 43.4 Å². The predicted molar refractivity (Wildman–Crippen MR) is 164 cm³/mol. The van der Waals surface area contributed by atoms with Gasteiger partial charge in [0.25, 0.3) is 0 Å². The van der Waals surface area contributed by atoms with E-state index in [1.807, 2.05) is 30.3 Å². The van der Waals surface area contributed by atoms with E-state index >= 15 is 0 Å².